The molecule has 0 saturated carbocycles. The molecule has 0 spiro atoms. The van der Waals surface area contributed by atoms with E-state index in [-0.39, 0.29) is 21.9 Å². The molecule has 0 fully saturated rings. The maximum Gasteiger partial charge on any atom is 0.264 e. The van der Waals surface area contributed by atoms with Gasteiger partial charge in [0.15, 0.2) is 5.11 Å². The molecule has 3 N–H and O–H groups in total. The van der Waals surface area contributed by atoms with Crippen molar-refractivity contribution < 1.29 is 13.2 Å². The molecule has 3 aromatic rings. The Kier molecular flexibility index (Phi) is 6.33. The fourth-order valence-corrected chi connectivity index (χ4v) is 3.66. The number of carbonyl (C=O) groups excluding carboxylic acids is 1. The lowest BCUT2D eigenvalue weighted by molar-refractivity contribution is 0.0977. The average Bonchev–Trinajstić information content (AvgIpc) is 2.67. The zero-order valence-electron chi connectivity index (χ0n) is 16.1. The molecule has 2 aromatic heterocycles. The fraction of sp³-hybridized carbons (Fsp3) is 0.105. The van der Waals surface area contributed by atoms with Crippen LogP contribution in [0.25, 0.3) is 0 Å². The molecule has 0 radical (unpaired) electrons. The van der Waals surface area contributed by atoms with Crippen LogP contribution >= 0.6 is 12.2 Å². The first-order valence-electron chi connectivity index (χ1n) is 8.70. The smallest absolute Gasteiger partial charge is 0.264 e. The normalized spacial score (nSPS) is 10.9. The molecule has 3 rings (SSSR count). The first kappa shape index (κ1) is 21.3. The second kappa shape index (κ2) is 8.93. The molecule has 1 amide bonds. The van der Waals surface area contributed by atoms with Crippen LogP contribution in [0, 0.1) is 13.8 Å². The molecule has 0 unspecified atom stereocenters. The minimum Gasteiger partial charge on any atom is -0.332 e. The maximum atomic E-state index is 12.6. The number of sulfonamides is 1. The lowest BCUT2D eigenvalue weighted by Gasteiger charge is -2.11. The molecular formula is C19H18N6O3S2. The highest BCUT2D eigenvalue weighted by atomic mass is 32.2. The number of hydrogen-bond donors (Lipinski definition) is 3. The number of thiocarbonyl (C=S) groups is 1. The van der Waals surface area contributed by atoms with Crippen LogP contribution in [0.1, 0.15) is 21.7 Å². The van der Waals surface area contributed by atoms with Crippen molar-refractivity contribution in [1.82, 2.24) is 20.3 Å². The van der Waals surface area contributed by atoms with Crippen LogP contribution in [0.3, 0.4) is 0 Å². The third-order valence-electron chi connectivity index (χ3n) is 3.80. The van der Waals surface area contributed by atoms with E-state index in [9.17, 15) is 13.2 Å². The topological polar surface area (TPSA) is 126 Å². The van der Waals surface area contributed by atoms with Gasteiger partial charge in [-0.2, -0.15) is 0 Å². The summed E-state index contributed by atoms with van der Waals surface area (Å²) in [6, 6.07) is 10.7. The van der Waals surface area contributed by atoms with Crippen molar-refractivity contribution >= 4 is 44.9 Å². The Morgan fingerprint density at radius 1 is 0.967 bits per heavy atom. The van der Waals surface area contributed by atoms with Gasteiger partial charge in [-0.25, -0.2) is 23.1 Å². The van der Waals surface area contributed by atoms with Crippen LogP contribution in [0.4, 0.5) is 11.6 Å². The Balaban J connectivity index is 1.65. The van der Waals surface area contributed by atoms with Gasteiger partial charge in [0.05, 0.1) is 4.90 Å². The molecule has 0 saturated heterocycles. The average molecular weight is 443 g/mol. The SMILES string of the molecule is Cc1cc(C)nc(NS(=O)(=O)c2ccc(NC(=S)NC(=O)c3ccncc3)cc2)n1. The predicted molar refractivity (Wildman–Crippen MR) is 117 cm³/mol. The predicted octanol–water partition coefficient (Wildman–Crippen LogP) is 2.42. The Morgan fingerprint density at radius 3 is 2.17 bits per heavy atom. The van der Waals surface area contributed by atoms with Crippen molar-refractivity contribution in [2.24, 2.45) is 0 Å². The Hall–Kier alpha value is -3.44. The number of nitrogens with zero attached hydrogens (tertiary/aromatic N) is 3. The highest BCUT2D eigenvalue weighted by Crippen LogP contribution is 2.17. The van der Waals surface area contributed by atoms with E-state index in [4.69, 9.17) is 12.2 Å². The molecule has 0 aliphatic carbocycles. The quantitative estimate of drug-likeness (QED) is 0.514. The third kappa shape index (κ3) is 5.55. The van der Waals surface area contributed by atoms with Gasteiger partial charge >= 0.3 is 0 Å². The number of rotatable bonds is 5. The van der Waals surface area contributed by atoms with E-state index in [1.165, 1.54) is 36.7 Å². The molecule has 154 valence electrons. The van der Waals surface area contributed by atoms with Crippen molar-refractivity contribution in [2.45, 2.75) is 18.7 Å². The molecule has 30 heavy (non-hydrogen) atoms. The van der Waals surface area contributed by atoms with Gasteiger partial charge in [-0.05, 0) is 68.5 Å². The molecule has 0 aliphatic rings. The summed E-state index contributed by atoms with van der Waals surface area (Å²) in [5.74, 6) is -0.374. The zero-order valence-corrected chi connectivity index (χ0v) is 17.7. The number of aryl methyl sites for hydroxylation is 2. The number of carbonyl (C=O) groups is 1. The third-order valence-corrected chi connectivity index (χ3v) is 5.35. The molecule has 1 aromatic carbocycles. The number of anilines is 2. The van der Waals surface area contributed by atoms with Crippen molar-refractivity contribution in [2.75, 3.05) is 10.0 Å². The summed E-state index contributed by atoms with van der Waals surface area (Å²) in [6.45, 7) is 3.51. The van der Waals surface area contributed by atoms with Gasteiger partial charge in [0, 0.05) is 35.0 Å². The van der Waals surface area contributed by atoms with Gasteiger partial charge in [0.1, 0.15) is 0 Å². The van der Waals surface area contributed by atoms with Crippen LogP contribution < -0.4 is 15.4 Å². The minimum absolute atomic E-state index is 0.00898. The second-order valence-corrected chi connectivity index (χ2v) is 8.34. The first-order chi connectivity index (χ1) is 14.2. The molecule has 0 bridgehead atoms. The van der Waals surface area contributed by atoms with Crippen LogP contribution in [0.15, 0.2) is 59.8 Å². The van der Waals surface area contributed by atoms with Gasteiger partial charge in [0.25, 0.3) is 15.9 Å². The number of nitrogens with one attached hydrogen (secondary N) is 3. The number of hydrogen-bond acceptors (Lipinski definition) is 7. The lowest BCUT2D eigenvalue weighted by Crippen LogP contribution is -2.34. The van der Waals surface area contributed by atoms with Crippen LogP contribution in [0.5, 0.6) is 0 Å². The van der Waals surface area contributed by atoms with Crippen LogP contribution in [-0.4, -0.2) is 34.4 Å². The Bertz CT molecular complexity index is 1160. The van der Waals surface area contributed by atoms with E-state index in [2.05, 4.69) is 30.3 Å². The first-order valence-corrected chi connectivity index (χ1v) is 10.6. The summed E-state index contributed by atoms with van der Waals surface area (Å²) < 4.78 is 27.5. The maximum absolute atomic E-state index is 12.6. The van der Waals surface area contributed by atoms with E-state index < -0.39 is 10.0 Å². The number of amides is 1. The summed E-state index contributed by atoms with van der Waals surface area (Å²) in [4.78, 5) is 24.1. The second-order valence-electron chi connectivity index (χ2n) is 6.25. The van der Waals surface area contributed by atoms with Gasteiger partial charge in [-0.1, -0.05) is 0 Å². The van der Waals surface area contributed by atoms with Crippen LogP contribution in [0.2, 0.25) is 0 Å². The summed E-state index contributed by atoms with van der Waals surface area (Å²) in [5.41, 5.74) is 2.23. The number of aromatic nitrogens is 3. The van der Waals surface area contributed by atoms with E-state index in [0.717, 1.165) is 0 Å². The molecule has 0 atom stereocenters. The van der Waals surface area contributed by atoms with Gasteiger partial charge in [0.2, 0.25) is 5.95 Å². The molecule has 0 aliphatic heterocycles. The Morgan fingerprint density at radius 2 is 1.57 bits per heavy atom. The fourth-order valence-electron chi connectivity index (χ4n) is 2.51. The molecule has 11 heteroatoms. The monoisotopic (exact) mass is 442 g/mol. The molecule has 9 nitrogen and oxygen atoms in total. The summed E-state index contributed by atoms with van der Waals surface area (Å²) >= 11 is 5.12. The van der Waals surface area contributed by atoms with Crippen molar-refractivity contribution in [1.29, 1.82) is 0 Å². The zero-order chi connectivity index (χ0) is 21.7. The number of benzene rings is 1. The highest BCUT2D eigenvalue weighted by molar-refractivity contribution is 7.92. The van der Waals surface area contributed by atoms with E-state index in [0.29, 0.717) is 22.6 Å². The van der Waals surface area contributed by atoms with Gasteiger partial charge in [-0.3, -0.25) is 15.1 Å². The summed E-state index contributed by atoms with van der Waals surface area (Å²) in [7, 11) is -3.86. The summed E-state index contributed by atoms with van der Waals surface area (Å²) in [6.07, 6.45) is 3.00. The van der Waals surface area contributed by atoms with Crippen molar-refractivity contribution in [3.8, 4) is 0 Å². The Labute approximate surface area is 179 Å². The van der Waals surface area contributed by atoms with Crippen LogP contribution in [-0.2, 0) is 10.0 Å². The van der Waals surface area contributed by atoms with Gasteiger partial charge < -0.3 is 5.32 Å². The van der Waals surface area contributed by atoms with E-state index >= 15 is 0 Å². The number of pyridine rings is 1. The lowest BCUT2D eigenvalue weighted by atomic mass is 10.2. The van der Waals surface area contributed by atoms with Gasteiger partial charge in [-0.15, -0.1) is 0 Å². The van der Waals surface area contributed by atoms with E-state index in [1.54, 1.807) is 32.0 Å². The standard InChI is InChI=1S/C19H18N6O3S2/c1-12-11-13(2)22-18(21-12)25-30(27,28)16-5-3-15(4-6-16)23-19(29)24-17(26)14-7-9-20-10-8-14/h3-11H,1-2H3,(H,21,22,25)(H2,23,24,26,29). The van der Waals surface area contributed by atoms with Crippen molar-refractivity contribution in [3.05, 3.63) is 71.8 Å². The highest BCUT2D eigenvalue weighted by Gasteiger charge is 2.16. The van der Waals surface area contributed by atoms with Crippen molar-refractivity contribution in [3.63, 3.8) is 0 Å². The molecular weight excluding hydrogens is 424 g/mol. The summed E-state index contributed by atoms with van der Waals surface area (Å²) in [5, 5.41) is 5.45. The van der Waals surface area contributed by atoms with E-state index in [1.807, 2.05) is 0 Å². The largest absolute Gasteiger partial charge is 0.332 e. The molecule has 2 heterocycles. The minimum atomic E-state index is -3.86.